The number of carbonyl (C=O) groups excluding carboxylic acids is 3. The van der Waals surface area contributed by atoms with Crippen LogP contribution < -0.4 is 4.90 Å². The highest BCUT2D eigenvalue weighted by Gasteiger charge is 2.36. The fourth-order valence-corrected chi connectivity index (χ4v) is 3.19. The van der Waals surface area contributed by atoms with Crippen molar-refractivity contribution < 1.29 is 19.1 Å². The number of hydrogen-bond donors (Lipinski definition) is 0. The molecule has 0 spiro atoms. The second-order valence-corrected chi connectivity index (χ2v) is 6.62. The SMILES string of the molecule is CC(=O)O[C@@H]1N=C(c2ccccc2Cl)c2cc(Cl)ccc2N(C(C)=O)C1=O. The van der Waals surface area contributed by atoms with Gasteiger partial charge in [0.2, 0.25) is 5.91 Å². The Morgan fingerprint density at radius 2 is 1.78 bits per heavy atom. The molecular formula is C19H14Cl2N2O4. The van der Waals surface area contributed by atoms with Gasteiger partial charge in [-0.25, -0.2) is 9.89 Å². The molecule has 0 radical (unpaired) electrons. The van der Waals surface area contributed by atoms with E-state index in [4.69, 9.17) is 27.9 Å². The Bertz CT molecular complexity index is 987. The summed E-state index contributed by atoms with van der Waals surface area (Å²) < 4.78 is 5.07. The summed E-state index contributed by atoms with van der Waals surface area (Å²) >= 11 is 12.5. The number of halogens is 2. The van der Waals surface area contributed by atoms with Crippen LogP contribution in [0.2, 0.25) is 10.0 Å². The highest BCUT2D eigenvalue weighted by molar-refractivity contribution is 6.37. The van der Waals surface area contributed by atoms with Crippen LogP contribution >= 0.6 is 23.2 Å². The number of esters is 1. The summed E-state index contributed by atoms with van der Waals surface area (Å²) in [6.45, 7) is 2.40. The van der Waals surface area contributed by atoms with Crippen molar-refractivity contribution >= 4 is 52.4 Å². The van der Waals surface area contributed by atoms with Gasteiger partial charge in [0.15, 0.2) is 0 Å². The molecule has 0 N–H and O–H groups in total. The minimum Gasteiger partial charge on any atom is -0.430 e. The number of benzodiazepines with no additional fused rings is 1. The Labute approximate surface area is 165 Å². The summed E-state index contributed by atoms with van der Waals surface area (Å²) in [4.78, 5) is 41.8. The number of aliphatic imine (C=N–C) groups is 1. The third kappa shape index (κ3) is 3.72. The van der Waals surface area contributed by atoms with E-state index in [9.17, 15) is 14.4 Å². The van der Waals surface area contributed by atoms with Gasteiger partial charge in [0.1, 0.15) is 0 Å². The Balaban J connectivity index is 2.33. The smallest absolute Gasteiger partial charge is 0.305 e. The molecule has 1 heterocycles. The first-order chi connectivity index (χ1) is 12.8. The minimum atomic E-state index is -1.52. The zero-order valence-electron chi connectivity index (χ0n) is 14.4. The van der Waals surface area contributed by atoms with Crippen LogP contribution in [0.1, 0.15) is 25.0 Å². The van der Waals surface area contributed by atoms with E-state index >= 15 is 0 Å². The number of nitrogens with zero attached hydrogens (tertiary/aromatic N) is 2. The summed E-state index contributed by atoms with van der Waals surface area (Å²) in [7, 11) is 0. The molecule has 0 saturated carbocycles. The molecule has 0 aliphatic carbocycles. The molecule has 1 atom stereocenters. The van der Waals surface area contributed by atoms with Gasteiger partial charge in [0, 0.05) is 35.0 Å². The molecule has 27 heavy (non-hydrogen) atoms. The lowest BCUT2D eigenvalue weighted by molar-refractivity contribution is -0.152. The van der Waals surface area contributed by atoms with E-state index in [0.717, 1.165) is 11.8 Å². The monoisotopic (exact) mass is 404 g/mol. The van der Waals surface area contributed by atoms with Gasteiger partial charge < -0.3 is 4.74 Å². The van der Waals surface area contributed by atoms with Gasteiger partial charge in [-0.05, 0) is 24.3 Å². The third-order valence-electron chi connectivity index (χ3n) is 3.85. The number of ether oxygens (including phenoxy) is 1. The van der Waals surface area contributed by atoms with E-state index in [1.165, 1.54) is 6.92 Å². The average Bonchev–Trinajstić information content (AvgIpc) is 2.70. The molecule has 138 valence electrons. The quantitative estimate of drug-likeness (QED) is 0.716. The number of benzene rings is 2. The van der Waals surface area contributed by atoms with Crippen LogP contribution in [0, 0.1) is 0 Å². The molecule has 0 bridgehead atoms. The number of imide groups is 1. The Kier molecular flexibility index (Phi) is 5.30. The topological polar surface area (TPSA) is 76.0 Å². The van der Waals surface area contributed by atoms with Crippen LogP contribution in [0.25, 0.3) is 0 Å². The van der Waals surface area contributed by atoms with Crippen molar-refractivity contribution in [2.75, 3.05) is 4.90 Å². The number of amides is 2. The largest absolute Gasteiger partial charge is 0.430 e. The second-order valence-electron chi connectivity index (χ2n) is 5.77. The second kappa shape index (κ2) is 7.50. The van der Waals surface area contributed by atoms with Crippen molar-refractivity contribution in [1.82, 2.24) is 0 Å². The molecule has 0 unspecified atom stereocenters. The first-order valence-corrected chi connectivity index (χ1v) is 8.69. The molecule has 0 saturated heterocycles. The molecule has 6 nitrogen and oxygen atoms in total. The fraction of sp³-hybridized carbons (Fsp3) is 0.158. The van der Waals surface area contributed by atoms with Gasteiger partial charge in [0.25, 0.3) is 12.1 Å². The van der Waals surface area contributed by atoms with E-state index < -0.39 is 24.0 Å². The number of hydrogen-bond acceptors (Lipinski definition) is 5. The predicted octanol–water partition coefficient (Wildman–Crippen LogP) is 3.61. The maximum absolute atomic E-state index is 12.9. The lowest BCUT2D eigenvalue weighted by atomic mass is 10.00. The number of fused-ring (bicyclic) bond motifs is 1. The molecule has 2 aromatic carbocycles. The first kappa shape index (κ1) is 19.1. The average molecular weight is 405 g/mol. The summed E-state index contributed by atoms with van der Waals surface area (Å²) in [6.07, 6.45) is -1.52. The van der Waals surface area contributed by atoms with Gasteiger partial charge in [-0.1, -0.05) is 41.4 Å². The van der Waals surface area contributed by atoms with Gasteiger partial charge in [0.05, 0.1) is 11.4 Å². The van der Waals surface area contributed by atoms with Crippen LogP contribution in [-0.2, 0) is 19.1 Å². The van der Waals surface area contributed by atoms with Crippen LogP contribution in [-0.4, -0.2) is 29.7 Å². The maximum atomic E-state index is 12.9. The molecule has 8 heteroatoms. The predicted molar refractivity (Wildman–Crippen MR) is 102 cm³/mol. The maximum Gasteiger partial charge on any atom is 0.305 e. The van der Waals surface area contributed by atoms with Crippen molar-refractivity contribution in [2.45, 2.75) is 20.1 Å². The zero-order chi connectivity index (χ0) is 19.7. The van der Waals surface area contributed by atoms with Crippen LogP contribution in [0.15, 0.2) is 47.5 Å². The minimum absolute atomic E-state index is 0.283. The fourth-order valence-electron chi connectivity index (χ4n) is 2.79. The van der Waals surface area contributed by atoms with E-state index in [1.54, 1.807) is 42.5 Å². The van der Waals surface area contributed by atoms with Gasteiger partial charge in [-0.2, -0.15) is 0 Å². The summed E-state index contributed by atoms with van der Waals surface area (Å²) in [6, 6.07) is 11.6. The molecule has 0 aromatic heterocycles. The van der Waals surface area contributed by atoms with Crippen molar-refractivity contribution in [1.29, 1.82) is 0 Å². The first-order valence-electron chi connectivity index (χ1n) is 7.94. The Morgan fingerprint density at radius 3 is 2.41 bits per heavy atom. The highest BCUT2D eigenvalue weighted by Crippen LogP contribution is 2.33. The molecule has 3 rings (SSSR count). The van der Waals surface area contributed by atoms with Gasteiger partial charge >= 0.3 is 5.97 Å². The lowest BCUT2D eigenvalue weighted by Gasteiger charge is -2.21. The Hall–Kier alpha value is -2.70. The van der Waals surface area contributed by atoms with Crippen molar-refractivity contribution in [2.24, 2.45) is 4.99 Å². The van der Waals surface area contributed by atoms with E-state index in [0.29, 0.717) is 26.9 Å². The molecule has 1 aliphatic rings. The van der Waals surface area contributed by atoms with E-state index in [2.05, 4.69) is 4.99 Å². The Morgan fingerprint density at radius 1 is 1.07 bits per heavy atom. The molecule has 1 aliphatic heterocycles. The lowest BCUT2D eigenvalue weighted by Crippen LogP contribution is -2.42. The number of carbonyl (C=O) groups is 3. The third-order valence-corrected chi connectivity index (χ3v) is 4.42. The van der Waals surface area contributed by atoms with Crippen molar-refractivity contribution in [3.63, 3.8) is 0 Å². The molecule has 2 aromatic rings. The molecule has 2 amide bonds. The van der Waals surface area contributed by atoms with E-state index in [1.807, 2.05) is 0 Å². The van der Waals surface area contributed by atoms with Crippen LogP contribution in [0.5, 0.6) is 0 Å². The van der Waals surface area contributed by atoms with E-state index in [-0.39, 0.29) is 5.69 Å². The molecular weight excluding hydrogens is 391 g/mol. The summed E-state index contributed by atoms with van der Waals surface area (Å²) in [5.74, 6) is -2.03. The zero-order valence-corrected chi connectivity index (χ0v) is 15.9. The highest BCUT2D eigenvalue weighted by atomic mass is 35.5. The standard InChI is InChI=1S/C19H14Cl2N2O4/c1-10(24)23-16-8-7-12(20)9-14(16)17(13-5-3-4-6-15(13)21)22-18(19(23)26)27-11(2)25/h3-9,18H,1-2H3/t18-/m0/s1. The van der Waals surface area contributed by atoms with Crippen LogP contribution in [0.3, 0.4) is 0 Å². The van der Waals surface area contributed by atoms with Crippen molar-refractivity contribution in [3.05, 3.63) is 63.6 Å². The molecule has 0 fully saturated rings. The van der Waals surface area contributed by atoms with Gasteiger partial charge in [-0.3, -0.25) is 14.4 Å². The number of rotatable bonds is 2. The summed E-state index contributed by atoms with van der Waals surface area (Å²) in [5.41, 5.74) is 1.51. The van der Waals surface area contributed by atoms with Crippen molar-refractivity contribution in [3.8, 4) is 0 Å². The summed E-state index contributed by atoms with van der Waals surface area (Å²) in [5, 5.41) is 0.767. The van der Waals surface area contributed by atoms with Gasteiger partial charge in [-0.15, -0.1) is 0 Å². The van der Waals surface area contributed by atoms with Crippen LogP contribution in [0.4, 0.5) is 5.69 Å². The number of anilines is 1. The normalized spacial score (nSPS) is 16.3.